The van der Waals surface area contributed by atoms with Gasteiger partial charge in [-0.15, -0.1) is 0 Å². The highest BCUT2D eigenvalue weighted by Gasteiger charge is 2.15. The van der Waals surface area contributed by atoms with Gasteiger partial charge in [-0.3, -0.25) is 10.1 Å². The number of nitrogens with one attached hydrogen (secondary N) is 1. The number of nitrogens with zero attached hydrogens (tertiary/aromatic N) is 2. The summed E-state index contributed by atoms with van der Waals surface area (Å²) in [5.41, 5.74) is 6.41. The zero-order chi connectivity index (χ0) is 15.4. The molecular weight excluding hydrogens is 272 g/mol. The third kappa shape index (κ3) is 3.82. The van der Waals surface area contributed by atoms with Crippen molar-refractivity contribution in [2.45, 2.75) is 20.0 Å². The van der Waals surface area contributed by atoms with E-state index in [0.29, 0.717) is 22.9 Å². The van der Waals surface area contributed by atoms with E-state index in [0.717, 1.165) is 0 Å². The maximum atomic E-state index is 11.1. The first-order chi connectivity index (χ1) is 9.95. The van der Waals surface area contributed by atoms with Crippen LogP contribution >= 0.6 is 0 Å². The molecule has 0 atom stereocenters. The minimum Gasteiger partial charge on any atom is -0.491 e. The molecule has 3 N–H and O–H groups in total. The van der Waals surface area contributed by atoms with Crippen molar-refractivity contribution in [2.75, 3.05) is 11.1 Å². The lowest BCUT2D eigenvalue weighted by molar-refractivity contribution is -0.383. The van der Waals surface area contributed by atoms with Crippen LogP contribution in [0.4, 0.5) is 22.9 Å². The van der Waals surface area contributed by atoms with Crippen LogP contribution in [0.1, 0.15) is 13.8 Å². The van der Waals surface area contributed by atoms with Crippen LogP contribution in [-0.4, -0.2) is 16.0 Å². The molecule has 1 heterocycles. The van der Waals surface area contributed by atoms with Gasteiger partial charge in [-0.05, 0) is 32.0 Å². The molecule has 110 valence electrons. The number of anilines is 3. The molecule has 1 aromatic carbocycles. The fourth-order valence-electron chi connectivity index (χ4n) is 1.75. The van der Waals surface area contributed by atoms with Gasteiger partial charge in [0.15, 0.2) is 0 Å². The van der Waals surface area contributed by atoms with Crippen molar-refractivity contribution >= 4 is 22.9 Å². The van der Waals surface area contributed by atoms with Gasteiger partial charge in [0.2, 0.25) is 0 Å². The fourth-order valence-corrected chi connectivity index (χ4v) is 1.75. The first-order valence-corrected chi connectivity index (χ1v) is 6.39. The van der Waals surface area contributed by atoms with Gasteiger partial charge in [-0.25, -0.2) is 4.98 Å². The van der Waals surface area contributed by atoms with Crippen LogP contribution in [0.2, 0.25) is 0 Å². The van der Waals surface area contributed by atoms with E-state index in [1.54, 1.807) is 24.3 Å². The van der Waals surface area contributed by atoms with Gasteiger partial charge in [0, 0.05) is 12.1 Å². The van der Waals surface area contributed by atoms with E-state index < -0.39 is 4.92 Å². The summed E-state index contributed by atoms with van der Waals surface area (Å²) in [5, 5.41) is 14.0. The summed E-state index contributed by atoms with van der Waals surface area (Å²) in [4.78, 5) is 14.6. The zero-order valence-corrected chi connectivity index (χ0v) is 11.7. The second-order valence-electron chi connectivity index (χ2n) is 4.70. The maximum Gasteiger partial charge on any atom is 0.292 e. The Bertz CT molecular complexity index is 641. The Balaban J connectivity index is 2.33. The predicted octanol–water partition coefficient (Wildman–Crippen LogP) is 3.10. The predicted molar refractivity (Wildman–Crippen MR) is 80.8 cm³/mol. The lowest BCUT2D eigenvalue weighted by atomic mass is 10.2. The van der Waals surface area contributed by atoms with Crippen molar-refractivity contribution in [3.05, 3.63) is 46.6 Å². The van der Waals surface area contributed by atoms with Gasteiger partial charge in [0.25, 0.3) is 5.69 Å². The Hall–Kier alpha value is -2.83. The minimum atomic E-state index is -0.452. The van der Waals surface area contributed by atoms with Crippen LogP contribution in [0.5, 0.6) is 5.75 Å². The summed E-state index contributed by atoms with van der Waals surface area (Å²) >= 11 is 0. The average Bonchev–Trinajstić information content (AvgIpc) is 2.40. The van der Waals surface area contributed by atoms with Gasteiger partial charge in [-0.1, -0.05) is 0 Å². The molecule has 0 spiro atoms. The second kappa shape index (κ2) is 6.08. The lowest BCUT2D eigenvalue weighted by Gasteiger charge is -2.12. The quantitative estimate of drug-likeness (QED) is 0.647. The number of hydrogen-bond donors (Lipinski definition) is 2. The highest BCUT2D eigenvalue weighted by atomic mass is 16.6. The van der Waals surface area contributed by atoms with Gasteiger partial charge in [-0.2, -0.15) is 0 Å². The van der Waals surface area contributed by atoms with Crippen LogP contribution < -0.4 is 15.8 Å². The summed E-state index contributed by atoms with van der Waals surface area (Å²) in [6.07, 6.45) is 1.49. The molecule has 1 aromatic heterocycles. The van der Waals surface area contributed by atoms with Crippen LogP contribution in [0.15, 0.2) is 36.5 Å². The Morgan fingerprint density at radius 3 is 2.67 bits per heavy atom. The summed E-state index contributed by atoms with van der Waals surface area (Å²) < 4.78 is 5.55. The normalized spacial score (nSPS) is 10.4. The van der Waals surface area contributed by atoms with Crippen molar-refractivity contribution in [1.82, 2.24) is 4.98 Å². The second-order valence-corrected chi connectivity index (χ2v) is 4.70. The molecule has 2 aromatic rings. The Morgan fingerprint density at radius 2 is 2.10 bits per heavy atom. The maximum absolute atomic E-state index is 11.1. The van der Waals surface area contributed by atoms with E-state index >= 15 is 0 Å². The number of nitro benzene ring substituents is 1. The number of rotatable bonds is 5. The summed E-state index contributed by atoms with van der Waals surface area (Å²) in [6.45, 7) is 3.77. The van der Waals surface area contributed by atoms with E-state index in [4.69, 9.17) is 10.5 Å². The molecule has 21 heavy (non-hydrogen) atoms. The molecule has 0 unspecified atom stereocenters. The van der Waals surface area contributed by atoms with E-state index in [2.05, 4.69) is 10.3 Å². The van der Waals surface area contributed by atoms with E-state index in [1.165, 1.54) is 12.3 Å². The van der Waals surface area contributed by atoms with Gasteiger partial charge in [0.05, 0.1) is 22.9 Å². The number of ether oxygens (including phenoxy) is 1. The van der Waals surface area contributed by atoms with Crippen molar-refractivity contribution in [1.29, 1.82) is 0 Å². The van der Waals surface area contributed by atoms with Crippen molar-refractivity contribution in [3.63, 3.8) is 0 Å². The fraction of sp³-hybridized carbons (Fsp3) is 0.214. The third-order valence-corrected chi connectivity index (χ3v) is 2.60. The average molecular weight is 288 g/mol. The first kappa shape index (κ1) is 14.6. The molecule has 0 saturated carbocycles. The summed E-state index contributed by atoms with van der Waals surface area (Å²) in [6, 6.07) is 7.88. The minimum absolute atomic E-state index is 0.0162. The molecule has 2 rings (SSSR count). The number of nitrogen functional groups attached to an aromatic ring is 1. The third-order valence-electron chi connectivity index (χ3n) is 2.60. The topological polar surface area (TPSA) is 103 Å². The molecular formula is C14H16N4O3. The molecule has 7 heteroatoms. The highest BCUT2D eigenvalue weighted by molar-refractivity contribution is 5.71. The molecule has 0 aliphatic heterocycles. The molecule has 0 saturated heterocycles. The van der Waals surface area contributed by atoms with Crippen LogP contribution in [0.25, 0.3) is 0 Å². The van der Waals surface area contributed by atoms with E-state index in [1.807, 2.05) is 13.8 Å². The number of nitro groups is 1. The molecule has 0 amide bonds. The standard InChI is InChI=1S/C14H16N4O3/c1-9(2)21-11-4-5-13(18(19)20)12(7-11)17-10-3-6-14(15)16-8-10/h3-9,17H,1-2H3,(H2,15,16). The van der Waals surface area contributed by atoms with Gasteiger partial charge < -0.3 is 15.8 Å². The van der Waals surface area contributed by atoms with E-state index in [-0.39, 0.29) is 11.8 Å². The number of pyridine rings is 1. The van der Waals surface area contributed by atoms with Crippen LogP contribution in [0, 0.1) is 10.1 Å². The molecule has 7 nitrogen and oxygen atoms in total. The Labute approximate surface area is 121 Å². The number of hydrogen-bond acceptors (Lipinski definition) is 6. The number of benzene rings is 1. The van der Waals surface area contributed by atoms with Crippen LogP contribution in [0.3, 0.4) is 0 Å². The zero-order valence-electron chi connectivity index (χ0n) is 11.7. The number of nitrogens with two attached hydrogens (primary N) is 1. The lowest BCUT2D eigenvalue weighted by Crippen LogP contribution is -2.06. The molecule has 0 radical (unpaired) electrons. The number of aromatic nitrogens is 1. The molecule has 0 fully saturated rings. The van der Waals surface area contributed by atoms with Gasteiger partial charge >= 0.3 is 0 Å². The van der Waals surface area contributed by atoms with Crippen molar-refractivity contribution < 1.29 is 9.66 Å². The van der Waals surface area contributed by atoms with Gasteiger partial charge in [0.1, 0.15) is 17.3 Å². The summed E-state index contributed by atoms with van der Waals surface area (Å²) in [5.74, 6) is 0.938. The molecule has 0 aliphatic carbocycles. The van der Waals surface area contributed by atoms with Crippen molar-refractivity contribution in [3.8, 4) is 5.75 Å². The first-order valence-electron chi connectivity index (χ1n) is 6.39. The van der Waals surface area contributed by atoms with Crippen LogP contribution in [-0.2, 0) is 0 Å². The monoisotopic (exact) mass is 288 g/mol. The Morgan fingerprint density at radius 1 is 1.33 bits per heavy atom. The smallest absolute Gasteiger partial charge is 0.292 e. The van der Waals surface area contributed by atoms with Crippen molar-refractivity contribution in [2.24, 2.45) is 0 Å². The molecule has 0 bridgehead atoms. The SMILES string of the molecule is CC(C)Oc1ccc([N+](=O)[O-])c(Nc2ccc(N)nc2)c1. The van der Waals surface area contributed by atoms with E-state index in [9.17, 15) is 10.1 Å². The molecule has 0 aliphatic rings. The highest BCUT2D eigenvalue weighted by Crippen LogP contribution is 2.31. The largest absolute Gasteiger partial charge is 0.491 e. The Kier molecular flexibility index (Phi) is 4.22. The summed E-state index contributed by atoms with van der Waals surface area (Å²) in [7, 11) is 0.